The number of hydrogen-bond acceptors (Lipinski definition) is 2. The minimum absolute atomic E-state index is 0. The molecule has 0 aliphatic heterocycles. The average Bonchev–Trinajstić information content (AvgIpc) is 1.88. The fourth-order valence-corrected chi connectivity index (χ4v) is 0.405. The molecule has 6 heteroatoms. The van der Waals surface area contributed by atoms with Crippen LogP contribution < -0.4 is 51.4 Å². The van der Waals surface area contributed by atoms with Crippen LogP contribution in [0.15, 0.2) is 12.4 Å². The molecule has 0 aliphatic carbocycles. The number of alkyl halides is 3. The SMILES string of the molecule is FC(F)(F)c1cnc[c-]n1.[CH3-].[K+]. The summed E-state index contributed by atoms with van der Waals surface area (Å²) < 4.78 is 35.0. The van der Waals surface area contributed by atoms with E-state index in [2.05, 4.69) is 9.97 Å². The van der Waals surface area contributed by atoms with Crippen LogP contribution in [0.25, 0.3) is 0 Å². The van der Waals surface area contributed by atoms with Crippen molar-refractivity contribution in [1.82, 2.24) is 9.97 Å². The van der Waals surface area contributed by atoms with E-state index in [1.807, 2.05) is 6.20 Å². The predicted octanol–water partition coefficient (Wildman–Crippen LogP) is -1.25. The molecule has 0 unspecified atom stereocenters. The summed E-state index contributed by atoms with van der Waals surface area (Å²) in [4.78, 5) is 6.15. The standard InChI is InChI=1S/C5H2F3N2.CH3.K/c6-5(7,8)4-3-9-1-2-10-4;;/h1,3H;1H3;/q2*-1;+1. The van der Waals surface area contributed by atoms with Crippen LogP contribution in [-0.2, 0) is 6.18 Å². The first-order chi connectivity index (χ1) is 4.61. The Morgan fingerprint density at radius 3 is 2.17 bits per heavy atom. The Morgan fingerprint density at radius 1 is 1.33 bits per heavy atom. The summed E-state index contributed by atoms with van der Waals surface area (Å²) in [6.45, 7) is 0. The zero-order valence-electron chi connectivity index (χ0n) is 6.68. The summed E-state index contributed by atoms with van der Waals surface area (Å²) in [5.41, 5.74) is -1.02. The number of rotatable bonds is 0. The van der Waals surface area contributed by atoms with Gasteiger partial charge in [0.2, 0.25) is 0 Å². The maximum atomic E-state index is 11.7. The molecule has 1 aromatic heterocycles. The maximum absolute atomic E-state index is 11.7. The normalized spacial score (nSPS) is 9.58. The van der Waals surface area contributed by atoms with Gasteiger partial charge in [0, 0.05) is 5.69 Å². The van der Waals surface area contributed by atoms with Gasteiger partial charge in [0.15, 0.2) is 0 Å². The Hall–Kier alpha value is 0.506. The summed E-state index contributed by atoms with van der Waals surface area (Å²) >= 11 is 0. The van der Waals surface area contributed by atoms with Crippen molar-refractivity contribution >= 4 is 0 Å². The summed E-state index contributed by atoms with van der Waals surface area (Å²) in [5.74, 6) is 0. The Morgan fingerprint density at radius 2 is 1.92 bits per heavy atom. The van der Waals surface area contributed by atoms with E-state index in [1.54, 1.807) is 0 Å². The van der Waals surface area contributed by atoms with Crippen LogP contribution >= 0.6 is 0 Å². The van der Waals surface area contributed by atoms with E-state index in [9.17, 15) is 13.2 Å². The van der Waals surface area contributed by atoms with Gasteiger partial charge in [-0.25, -0.2) is 0 Å². The third-order valence-electron chi connectivity index (χ3n) is 0.805. The Balaban J connectivity index is 0. The van der Waals surface area contributed by atoms with E-state index in [-0.39, 0.29) is 58.8 Å². The maximum Gasteiger partial charge on any atom is 1.00 e. The molecule has 0 radical (unpaired) electrons. The number of hydrogen-bond donors (Lipinski definition) is 0. The van der Waals surface area contributed by atoms with Crippen molar-refractivity contribution in [1.29, 1.82) is 0 Å². The van der Waals surface area contributed by atoms with Gasteiger partial charge in [-0.3, -0.25) is 0 Å². The molecular formula is C6H5F3KN2-. The fourth-order valence-electron chi connectivity index (χ4n) is 0.405. The van der Waals surface area contributed by atoms with E-state index < -0.39 is 11.9 Å². The molecule has 0 bridgehead atoms. The van der Waals surface area contributed by atoms with E-state index in [0.29, 0.717) is 6.20 Å². The van der Waals surface area contributed by atoms with Gasteiger partial charge in [0.25, 0.3) is 0 Å². The molecule has 0 N–H and O–H groups in total. The molecule has 0 atom stereocenters. The first-order valence-corrected chi connectivity index (χ1v) is 2.36. The Labute approximate surface area is 111 Å². The van der Waals surface area contributed by atoms with Crippen LogP contribution in [0.1, 0.15) is 5.69 Å². The first kappa shape index (κ1) is 15.0. The van der Waals surface area contributed by atoms with Crippen LogP contribution in [0.3, 0.4) is 0 Å². The second kappa shape index (κ2) is 6.04. The molecule has 0 spiro atoms. The Bertz CT molecular complexity index is 212. The van der Waals surface area contributed by atoms with E-state index >= 15 is 0 Å². The number of halogens is 3. The van der Waals surface area contributed by atoms with Crippen LogP contribution in [-0.4, -0.2) is 9.97 Å². The van der Waals surface area contributed by atoms with Gasteiger partial charge < -0.3 is 17.4 Å². The first-order valence-electron chi connectivity index (χ1n) is 2.36. The summed E-state index contributed by atoms with van der Waals surface area (Å²) in [5, 5.41) is 0. The fraction of sp³-hybridized carbons (Fsp3) is 0.167. The molecule has 1 heterocycles. The second-order valence-corrected chi connectivity index (χ2v) is 1.53. The van der Waals surface area contributed by atoms with Gasteiger partial charge in [-0.05, 0) is 12.4 Å². The minimum Gasteiger partial charge on any atom is -0.446 e. The molecule has 62 valence electrons. The molecule has 0 amide bonds. The molecule has 0 saturated carbocycles. The predicted molar refractivity (Wildman–Crippen MR) is 32.3 cm³/mol. The summed E-state index contributed by atoms with van der Waals surface area (Å²) in [6, 6.07) is 0. The van der Waals surface area contributed by atoms with Gasteiger partial charge in [-0.2, -0.15) is 13.2 Å². The van der Waals surface area contributed by atoms with Crippen molar-refractivity contribution in [3.63, 3.8) is 0 Å². The van der Waals surface area contributed by atoms with Crippen molar-refractivity contribution in [3.05, 3.63) is 31.7 Å². The third kappa shape index (κ3) is 4.51. The van der Waals surface area contributed by atoms with Crippen LogP contribution in [0.2, 0.25) is 0 Å². The summed E-state index contributed by atoms with van der Waals surface area (Å²) in [7, 11) is 0. The topological polar surface area (TPSA) is 25.8 Å². The van der Waals surface area contributed by atoms with Gasteiger partial charge in [-0.15, -0.1) is 6.20 Å². The average molecular weight is 201 g/mol. The second-order valence-electron chi connectivity index (χ2n) is 1.53. The van der Waals surface area contributed by atoms with Crippen molar-refractivity contribution in [2.75, 3.05) is 0 Å². The molecular weight excluding hydrogens is 196 g/mol. The molecule has 0 aromatic carbocycles. The smallest absolute Gasteiger partial charge is 0.446 e. The van der Waals surface area contributed by atoms with Crippen molar-refractivity contribution < 1.29 is 64.6 Å². The van der Waals surface area contributed by atoms with Crippen molar-refractivity contribution in [2.24, 2.45) is 0 Å². The zero-order valence-corrected chi connectivity index (χ0v) is 9.81. The molecule has 1 rings (SSSR count). The molecule has 0 saturated heterocycles. The zero-order chi connectivity index (χ0) is 7.61. The number of nitrogens with zero attached hydrogens (tertiary/aromatic N) is 2. The van der Waals surface area contributed by atoms with Gasteiger partial charge in [0.1, 0.15) is 0 Å². The van der Waals surface area contributed by atoms with E-state index in [1.165, 1.54) is 0 Å². The Kier molecular flexibility index (Phi) is 7.54. The molecule has 1 aromatic rings. The molecule has 12 heavy (non-hydrogen) atoms. The van der Waals surface area contributed by atoms with E-state index in [4.69, 9.17) is 0 Å². The minimum atomic E-state index is -4.41. The quantitative estimate of drug-likeness (QED) is 0.387. The largest absolute Gasteiger partial charge is 1.00 e. The molecule has 0 fully saturated rings. The molecule has 0 aliphatic rings. The monoisotopic (exact) mass is 201 g/mol. The van der Waals surface area contributed by atoms with E-state index in [0.717, 1.165) is 6.20 Å². The van der Waals surface area contributed by atoms with Gasteiger partial charge >= 0.3 is 57.6 Å². The molecule has 2 nitrogen and oxygen atoms in total. The van der Waals surface area contributed by atoms with Crippen LogP contribution in [0.5, 0.6) is 0 Å². The van der Waals surface area contributed by atoms with Crippen LogP contribution in [0.4, 0.5) is 13.2 Å². The van der Waals surface area contributed by atoms with Crippen LogP contribution in [0, 0.1) is 13.6 Å². The summed E-state index contributed by atoms with van der Waals surface area (Å²) in [6.07, 6.45) is -0.712. The van der Waals surface area contributed by atoms with Gasteiger partial charge in [0.05, 0.1) is 0 Å². The van der Waals surface area contributed by atoms with Crippen molar-refractivity contribution in [2.45, 2.75) is 6.18 Å². The van der Waals surface area contributed by atoms with Crippen molar-refractivity contribution in [3.8, 4) is 0 Å². The number of aromatic nitrogens is 2. The third-order valence-corrected chi connectivity index (χ3v) is 0.805. The van der Waals surface area contributed by atoms with Gasteiger partial charge in [-0.1, -0.05) is 0 Å².